The van der Waals surface area contributed by atoms with Gasteiger partial charge in [-0.2, -0.15) is 0 Å². The Bertz CT molecular complexity index is 428. The molecule has 1 aliphatic heterocycles. The number of methoxy groups -OCH3 is 1. The predicted octanol–water partition coefficient (Wildman–Crippen LogP) is 2.05. The molecule has 0 aromatic heterocycles. The van der Waals surface area contributed by atoms with Crippen LogP contribution in [0.4, 0.5) is 5.69 Å². The Labute approximate surface area is 128 Å². The highest BCUT2D eigenvalue weighted by Gasteiger charge is 2.22. The summed E-state index contributed by atoms with van der Waals surface area (Å²) in [7, 11) is 1.74. The van der Waals surface area contributed by atoms with Crippen molar-refractivity contribution < 1.29 is 4.74 Å². The molecule has 1 aliphatic rings. The molecule has 0 bridgehead atoms. The highest BCUT2D eigenvalue weighted by Crippen LogP contribution is 2.28. The Hall–Kier alpha value is -1.26. The van der Waals surface area contributed by atoms with Gasteiger partial charge in [0.1, 0.15) is 5.75 Å². The van der Waals surface area contributed by atoms with E-state index in [1.165, 1.54) is 5.69 Å². The molecule has 1 atom stereocenters. The molecule has 0 aliphatic carbocycles. The fourth-order valence-electron chi connectivity index (χ4n) is 2.95. The van der Waals surface area contributed by atoms with Gasteiger partial charge in [-0.05, 0) is 30.5 Å². The summed E-state index contributed by atoms with van der Waals surface area (Å²) in [4.78, 5) is 4.96. The number of rotatable bonds is 6. The summed E-state index contributed by atoms with van der Waals surface area (Å²) < 4.78 is 5.47. The molecule has 4 heteroatoms. The summed E-state index contributed by atoms with van der Waals surface area (Å²) in [5.74, 6) is 2.22. The van der Waals surface area contributed by atoms with Crippen molar-refractivity contribution in [3.8, 4) is 5.75 Å². The lowest BCUT2D eigenvalue weighted by Gasteiger charge is -2.38. The molecule has 1 aromatic rings. The van der Waals surface area contributed by atoms with Gasteiger partial charge in [-0.1, -0.05) is 26.0 Å². The average Bonchev–Trinajstić information content (AvgIpc) is 2.52. The zero-order valence-corrected chi connectivity index (χ0v) is 13.6. The van der Waals surface area contributed by atoms with Crippen molar-refractivity contribution in [3.05, 3.63) is 24.3 Å². The van der Waals surface area contributed by atoms with E-state index in [2.05, 4.69) is 35.8 Å². The molecule has 4 nitrogen and oxygen atoms in total. The van der Waals surface area contributed by atoms with Crippen molar-refractivity contribution in [1.82, 2.24) is 4.90 Å². The first-order valence-corrected chi connectivity index (χ1v) is 7.96. The van der Waals surface area contributed by atoms with Crippen molar-refractivity contribution in [3.63, 3.8) is 0 Å². The summed E-state index contributed by atoms with van der Waals surface area (Å²) in [6, 6.07) is 8.27. The molecule has 0 saturated carbocycles. The fourth-order valence-corrected chi connectivity index (χ4v) is 2.95. The predicted molar refractivity (Wildman–Crippen MR) is 89.0 cm³/mol. The molecule has 1 heterocycles. The number of nitrogens with two attached hydrogens (primary N) is 1. The van der Waals surface area contributed by atoms with Gasteiger partial charge >= 0.3 is 0 Å². The lowest BCUT2D eigenvalue weighted by Crippen LogP contribution is -2.49. The van der Waals surface area contributed by atoms with Gasteiger partial charge in [0.2, 0.25) is 0 Å². The van der Waals surface area contributed by atoms with Crippen LogP contribution in [0.1, 0.15) is 13.8 Å². The Morgan fingerprint density at radius 1 is 1.14 bits per heavy atom. The van der Waals surface area contributed by atoms with E-state index in [9.17, 15) is 0 Å². The van der Waals surface area contributed by atoms with Crippen LogP contribution in [0.5, 0.6) is 5.75 Å². The Morgan fingerprint density at radius 3 is 2.38 bits per heavy atom. The molecule has 0 amide bonds. The lowest BCUT2D eigenvalue weighted by atomic mass is 9.95. The van der Waals surface area contributed by atoms with Crippen molar-refractivity contribution in [1.29, 1.82) is 0 Å². The molecule has 2 rings (SSSR count). The van der Waals surface area contributed by atoms with E-state index in [1.807, 2.05) is 12.1 Å². The maximum atomic E-state index is 5.89. The standard InChI is InChI=1S/C17H29N3O/c1-14(2)15(12-18)13-19-8-10-20(11-9-19)16-6-4-5-7-17(16)21-3/h4-7,14-15H,8-13,18H2,1-3H3. The summed E-state index contributed by atoms with van der Waals surface area (Å²) >= 11 is 0. The highest BCUT2D eigenvalue weighted by atomic mass is 16.5. The minimum atomic E-state index is 0.600. The molecule has 1 saturated heterocycles. The second-order valence-electron chi connectivity index (χ2n) is 6.20. The second kappa shape index (κ2) is 7.66. The molecular weight excluding hydrogens is 262 g/mol. The first-order valence-electron chi connectivity index (χ1n) is 7.96. The molecule has 1 aromatic carbocycles. The highest BCUT2D eigenvalue weighted by molar-refractivity contribution is 5.58. The van der Waals surface area contributed by atoms with Crippen LogP contribution in [0.25, 0.3) is 0 Å². The van der Waals surface area contributed by atoms with Crippen LogP contribution in [0.15, 0.2) is 24.3 Å². The van der Waals surface area contributed by atoms with Crippen LogP contribution < -0.4 is 15.4 Å². The number of benzene rings is 1. The Morgan fingerprint density at radius 2 is 1.81 bits per heavy atom. The van der Waals surface area contributed by atoms with Gasteiger partial charge in [-0.15, -0.1) is 0 Å². The fraction of sp³-hybridized carbons (Fsp3) is 0.647. The normalized spacial score (nSPS) is 18.0. The molecule has 0 radical (unpaired) electrons. The first kappa shape index (κ1) is 16.1. The number of nitrogens with zero attached hydrogens (tertiary/aromatic N) is 2. The number of para-hydroxylation sites is 2. The van der Waals surface area contributed by atoms with E-state index in [1.54, 1.807) is 7.11 Å². The van der Waals surface area contributed by atoms with Gasteiger partial charge in [0, 0.05) is 32.7 Å². The van der Waals surface area contributed by atoms with Crippen LogP contribution in [-0.4, -0.2) is 51.3 Å². The van der Waals surface area contributed by atoms with Gasteiger partial charge < -0.3 is 15.4 Å². The van der Waals surface area contributed by atoms with E-state index in [0.29, 0.717) is 11.8 Å². The summed E-state index contributed by atoms with van der Waals surface area (Å²) in [6.45, 7) is 10.7. The zero-order chi connectivity index (χ0) is 15.2. The van der Waals surface area contributed by atoms with Crippen molar-refractivity contribution in [2.75, 3.05) is 51.3 Å². The molecule has 118 valence electrons. The average molecular weight is 291 g/mol. The monoisotopic (exact) mass is 291 g/mol. The Balaban J connectivity index is 1.91. The van der Waals surface area contributed by atoms with Crippen LogP contribution >= 0.6 is 0 Å². The van der Waals surface area contributed by atoms with Crippen LogP contribution in [0.2, 0.25) is 0 Å². The van der Waals surface area contributed by atoms with Crippen molar-refractivity contribution >= 4 is 5.69 Å². The van der Waals surface area contributed by atoms with Crippen LogP contribution in [-0.2, 0) is 0 Å². The second-order valence-corrected chi connectivity index (χ2v) is 6.20. The minimum Gasteiger partial charge on any atom is -0.495 e. The SMILES string of the molecule is COc1ccccc1N1CCN(CC(CN)C(C)C)CC1. The van der Waals surface area contributed by atoms with E-state index in [4.69, 9.17) is 10.5 Å². The number of hydrogen-bond acceptors (Lipinski definition) is 4. The van der Waals surface area contributed by atoms with E-state index in [0.717, 1.165) is 45.0 Å². The number of ether oxygens (including phenoxy) is 1. The van der Waals surface area contributed by atoms with Gasteiger partial charge in [-0.25, -0.2) is 0 Å². The zero-order valence-electron chi connectivity index (χ0n) is 13.6. The van der Waals surface area contributed by atoms with Gasteiger partial charge in [0.25, 0.3) is 0 Å². The minimum absolute atomic E-state index is 0.600. The van der Waals surface area contributed by atoms with E-state index in [-0.39, 0.29) is 0 Å². The quantitative estimate of drug-likeness (QED) is 0.871. The maximum absolute atomic E-state index is 5.89. The molecule has 21 heavy (non-hydrogen) atoms. The summed E-state index contributed by atoms with van der Waals surface area (Å²) in [5, 5.41) is 0. The molecule has 2 N–H and O–H groups in total. The molecular formula is C17H29N3O. The summed E-state index contributed by atoms with van der Waals surface area (Å²) in [6.07, 6.45) is 0. The van der Waals surface area contributed by atoms with Gasteiger partial charge in [-0.3, -0.25) is 4.90 Å². The third-order valence-corrected chi connectivity index (χ3v) is 4.54. The van der Waals surface area contributed by atoms with E-state index >= 15 is 0 Å². The molecule has 0 spiro atoms. The molecule has 1 fully saturated rings. The van der Waals surface area contributed by atoms with Crippen molar-refractivity contribution in [2.45, 2.75) is 13.8 Å². The van der Waals surface area contributed by atoms with E-state index < -0.39 is 0 Å². The van der Waals surface area contributed by atoms with Crippen LogP contribution in [0, 0.1) is 11.8 Å². The van der Waals surface area contributed by atoms with Crippen LogP contribution in [0.3, 0.4) is 0 Å². The first-order chi connectivity index (χ1) is 10.2. The Kier molecular flexibility index (Phi) is 5.88. The largest absolute Gasteiger partial charge is 0.495 e. The maximum Gasteiger partial charge on any atom is 0.142 e. The van der Waals surface area contributed by atoms with Crippen molar-refractivity contribution in [2.24, 2.45) is 17.6 Å². The number of anilines is 1. The number of piperazine rings is 1. The smallest absolute Gasteiger partial charge is 0.142 e. The third-order valence-electron chi connectivity index (χ3n) is 4.54. The third kappa shape index (κ3) is 4.11. The topological polar surface area (TPSA) is 41.7 Å². The molecule has 1 unspecified atom stereocenters. The van der Waals surface area contributed by atoms with Gasteiger partial charge in [0.05, 0.1) is 12.8 Å². The summed E-state index contributed by atoms with van der Waals surface area (Å²) in [5.41, 5.74) is 7.10. The lowest BCUT2D eigenvalue weighted by molar-refractivity contribution is 0.195. The number of hydrogen-bond donors (Lipinski definition) is 1. The van der Waals surface area contributed by atoms with Gasteiger partial charge in [0.15, 0.2) is 0 Å².